The summed E-state index contributed by atoms with van der Waals surface area (Å²) < 4.78 is 27.5. The SMILES string of the molecule is CC(C)CN(CCN(C)C)C(CN)c1cccc(F)c1F. The van der Waals surface area contributed by atoms with Crippen LogP contribution in [0.1, 0.15) is 25.5 Å². The monoisotopic (exact) mass is 299 g/mol. The van der Waals surface area contributed by atoms with Gasteiger partial charge in [0.2, 0.25) is 0 Å². The molecule has 1 rings (SSSR count). The van der Waals surface area contributed by atoms with Crippen LogP contribution in [0.4, 0.5) is 8.78 Å². The van der Waals surface area contributed by atoms with E-state index in [-0.39, 0.29) is 12.6 Å². The van der Waals surface area contributed by atoms with E-state index in [0.29, 0.717) is 11.5 Å². The Balaban J connectivity index is 3.01. The summed E-state index contributed by atoms with van der Waals surface area (Å²) >= 11 is 0. The van der Waals surface area contributed by atoms with Crippen molar-refractivity contribution in [2.45, 2.75) is 19.9 Å². The summed E-state index contributed by atoms with van der Waals surface area (Å²) in [7, 11) is 3.99. The fourth-order valence-electron chi connectivity index (χ4n) is 2.42. The van der Waals surface area contributed by atoms with Crippen LogP contribution >= 0.6 is 0 Å². The van der Waals surface area contributed by atoms with Gasteiger partial charge in [-0.1, -0.05) is 26.0 Å². The van der Waals surface area contributed by atoms with Gasteiger partial charge in [0.15, 0.2) is 11.6 Å². The van der Waals surface area contributed by atoms with Gasteiger partial charge in [0, 0.05) is 31.7 Å². The molecule has 120 valence electrons. The molecule has 0 aliphatic rings. The van der Waals surface area contributed by atoms with Gasteiger partial charge in [-0.3, -0.25) is 4.90 Å². The molecule has 0 spiro atoms. The topological polar surface area (TPSA) is 32.5 Å². The van der Waals surface area contributed by atoms with E-state index in [2.05, 4.69) is 23.6 Å². The third-order valence-corrected chi connectivity index (χ3v) is 3.44. The number of likely N-dealkylation sites (N-methyl/N-ethyl adjacent to an activating group) is 1. The Hall–Kier alpha value is -1.04. The van der Waals surface area contributed by atoms with Gasteiger partial charge in [0.05, 0.1) is 6.04 Å². The molecule has 2 N–H and O–H groups in total. The third kappa shape index (κ3) is 5.34. The van der Waals surface area contributed by atoms with Crippen molar-refractivity contribution in [1.29, 1.82) is 0 Å². The van der Waals surface area contributed by atoms with Crippen LogP contribution in [0.15, 0.2) is 18.2 Å². The fourth-order valence-corrected chi connectivity index (χ4v) is 2.42. The molecule has 1 aromatic carbocycles. The minimum atomic E-state index is -0.817. The average molecular weight is 299 g/mol. The molecule has 0 aromatic heterocycles. The van der Waals surface area contributed by atoms with E-state index in [0.717, 1.165) is 25.7 Å². The molecule has 0 bridgehead atoms. The standard InChI is InChI=1S/C16H27F2N3/c1-12(2)11-21(9-8-20(3)4)15(10-19)13-6-5-7-14(17)16(13)18/h5-7,12,15H,8-11,19H2,1-4H3. The zero-order valence-corrected chi connectivity index (χ0v) is 13.4. The Kier molecular flexibility index (Phi) is 7.22. The quantitative estimate of drug-likeness (QED) is 0.800. The van der Waals surface area contributed by atoms with Crippen molar-refractivity contribution < 1.29 is 8.78 Å². The first-order valence-corrected chi connectivity index (χ1v) is 7.39. The van der Waals surface area contributed by atoms with E-state index >= 15 is 0 Å². The summed E-state index contributed by atoms with van der Waals surface area (Å²) in [6, 6.07) is 4.00. The fraction of sp³-hybridized carbons (Fsp3) is 0.625. The molecule has 0 saturated heterocycles. The van der Waals surface area contributed by atoms with Gasteiger partial charge in [-0.25, -0.2) is 8.78 Å². The van der Waals surface area contributed by atoms with Crippen LogP contribution < -0.4 is 5.73 Å². The molecule has 1 aromatic rings. The van der Waals surface area contributed by atoms with E-state index in [1.165, 1.54) is 6.07 Å². The Labute approximate surface area is 126 Å². The Bertz CT molecular complexity index is 436. The van der Waals surface area contributed by atoms with Gasteiger partial charge in [-0.05, 0) is 26.1 Å². The lowest BCUT2D eigenvalue weighted by molar-refractivity contribution is 0.160. The van der Waals surface area contributed by atoms with Gasteiger partial charge in [-0.2, -0.15) is 0 Å². The largest absolute Gasteiger partial charge is 0.329 e. The summed E-state index contributed by atoms with van der Waals surface area (Å²) in [5, 5.41) is 0. The lowest BCUT2D eigenvalue weighted by Gasteiger charge is -2.33. The zero-order chi connectivity index (χ0) is 16.0. The molecular formula is C16H27F2N3. The van der Waals surface area contributed by atoms with Gasteiger partial charge >= 0.3 is 0 Å². The lowest BCUT2D eigenvalue weighted by atomic mass is 10.0. The predicted octanol–water partition coefficient (Wildman–Crippen LogP) is 2.48. The highest BCUT2D eigenvalue weighted by Crippen LogP contribution is 2.24. The minimum absolute atomic E-state index is 0.264. The number of halogens is 2. The molecular weight excluding hydrogens is 272 g/mol. The number of benzene rings is 1. The first kappa shape index (κ1) is 18.0. The normalized spacial score (nSPS) is 13.4. The van der Waals surface area contributed by atoms with Crippen LogP contribution in [0, 0.1) is 17.6 Å². The molecule has 1 unspecified atom stereocenters. The summed E-state index contributed by atoms with van der Waals surface area (Å²) in [6.45, 7) is 6.89. The van der Waals surface area contributed by atoms with Crippen molar-refractivity contribution in [1.82, 2.24) is 9.80 Å². The maximum atomic E-state index is 14.1. The van der Waals surface area contributed by atoms with Crippen LogP contribution in [0.25, 0.3) is 0 Å². The lowest BCUT2D eigenvalue weighted by Crippen LogP contribution is -2.40. The second-order valence-electron chi connectivity index (χ2n) is 6.09. The van der Waals surface area contributed by atoms with Gasteiger partial charge in [0.25, 0.3) is 0 Å². The van der Waals surface area contributed by atoms with E-state index in [9.17, 15) is 8.78 Å². The molecule has 3 nitrogen and oxygen atoms in total. The number of nitrogens with zero attached hydrogens (tertiary/aromatic N) is 2. The van der Waals surface area contributed by atoms with E-state index in [1.54, 1.807) is 6.07 Å². The number of hydrogen-bond donors (Lipinski definition) is 1. The first-order chi connectivity index (χ1) is 9.86. The van der Waals surface area contributed by atoms with Crippen LogP contribution in [0.5, 0.6) is 0 Å². The van der Waals surface area contributed by atoms with Gasteiger partial charge < -0.3 is 10.6 Å². The summed E-state index contributed by atoms with van der Waals surface area (Å²) in [5.41, 5.74) is 6.21. The van der Waals surface area contributed by atoms with Crippen molar-refractivity contribution >= 4 is 0 Å². The van der Waals surface area contributed by atoms with E-state index < -0.39 is 11.6 Å². The summed E-state index contributed by atoms with van der Waals surface area (Å²) in [4.78, 5) is 4.21. The molecule has 5 heteroatoms. The van der Waals surface area contributed by atoms with Crippen molar-refractivity contribution in [3.8, 4) is 0 Å². The van der Waals surface area contributed by atoms with Crippen LogP contribution in [0.2, 0.25) is 0 Å². The molecule has 0 saturated carbocycles. The molecule has 0 radical (unpaired) electrons. The van der Waals surface area contributed by atoms with Crippen LogP contribution in [-0.2, 0) is 0 Å². The summed E-state index contributed by atoms with van der Waals surface area (Å²) in [6.07, 6.45) is 0. The molecule has 0 aliphatic carbocycles. The molecule has 21 heavy (non-hydrogen) atoms. The molecule has 1 atom stereocenters. The highest BCUT2D eigenvalue weighted by atomic mass is 19.2. The number of rotatable bonds is 8. The molecule has 0 fully saturated rings. The molecule has 0 heterocycles. The maximum absolute atomic E-state index is 14.1. The van der Waals surface area contributed by atoms with Crippen LogP contribution in [-0.4, -0.2) is 50.1 Å². The summed E-state index contributed by atoms with van der Waals surface area (Å²) in [5.74, 6) is -1.17. The smallest absolute Gasteiger partial charge is 0.163 e. The predicted molar refractivity (Wildman–Crippen MR) is 83.1 cm³/mol. The number of nitrogens with two attached hydrogens (primary N) is 1. The molecule has 0 amide bonds. The highest BCUT2D eigenvalue weighted by molar-refractivity contribution is 5.23. The first-order valence-electron chi connectivity index (χ1n) is 7.39. The van der Waals surface area contributed by atoms with Gasteiger partial charge in [-0.15, -0.1) is 0 Å². The Morgan fingerprint density at radius 2 is 1.81 bits per heavy atom. The Morgan fingerprint density at radius 1 is 1.14 bits per heavy atom. The van der Waals surface area contributed by atoms with Crippen molar-refractivity contribution in [2.75, 3.05) is 40.3 Å². The minimum Gasteiger partial charge on any atom is -0.329 e. The van der Waals surface area contributed by atoms with Crippen molar-refractivity contribution in [3.63, 3.8) is 0 Å². The maximum Gasteiger partial charge on any atom is 0.163 e. The second-order valence-corrected chi connectivity index (χ2v) is 6.09. The number of hydrogen-bond acceptors (Lipinski definition) is 3. The highest BCUT2D eigenvalue weighted by Gasteiger charge is 2.24. The van der Waals surface area contributed by atoms with E-state index in [1.807, 2.05) is 14.1 Å². The van der Waals surface area contributed by atoms with Crippen molar-refractivity contribution in [2.24, 2.45) is 11.7 Å². The third-order valence-electron chi connectivity index (χ3n) is 3.44. The average Bonchev–Trinajstić information content (AvgIpc) is 2.40. The van der Waals surface area contributed by atoms with Crippen LogP contribution in [0.3, 0.4) is 0 Å². The zero-order valence-electron chi connectivity index (χ0n) is 13.4. The Morgan fingerprint density at radius 3 is 2.33 bits per heavy atom. The van der Waals surface area contributed by atoms with E-state index in [4.69, 9.17) is 5.73 Å². The molecule has 0 aliphatic heterocycles. The van der Waals surface area contributed by atoms with Gasteiger partial charge in [0.1, 0.15) is 0 Å². The van der Waals surface area contributed by atoms with Crippen molar-refractivity contribution in [3.05, 3.63) is 35.4 Å². The second kappa shape index (κ2) is 8.41.